The van der Waals surface area contributed by atoms with E-state index in [1.165, 1.54) is 27.7 Å². The molecule has 34 heavy (non-hydrogen) atoms. The molecule has 0 aliphatic carbocycles. The molecule has 5 aromatic rings. The van der Waals surface area contributed by atoms with Gasteiger partial charge >= 0.3 is 0 Å². The number of anilines is 1. The molecule has 0 saturated carbocycles. The predicted octanol–water partition coefficient (Wildman–Crippen LogP) is 4.89. The molecule has 2 aromatic carbocycles. The van der Waals surface area contributed by atoms with E-state index in [2.05, 4.69) is 15.4 Å². The van der Waals surface area contributed by atoms with Crippen LogP contribution in [-0.2, 0) is 11.8 Å². The molecular formula is C25H21N5O2S2. The Kier molecular flexibility index (Phi) is 6.04. The second kappa shape index (κ2) is 9.28. The van der Waals surface area contributed by atoms with Crippen LogP contribution in [0.5, 0.6) is 0 Å². The summed E-state index contributed by atoms with van der Waals surface area (Å²) in [5, 5.41) is 10.5. The first kappa shape index (κ1) is 22.1. The molecule has 0 atom stereocenters. The molecule has 7 nitrogen and oxygen atoms in total. The molecule has 9 heteroatoms. The Morgan fingerprint density at radius 2 is 1.79 bits per heavy atom. The maximum absolute atomic E-state index is 13.1. The van der Waals surface area contributed by atoms with E-state index in [1.807, 2.05) is 79.0 Å². The van der Waals surface area contributed by atoms with Gasteiger partial charge in [0, 0.05) is 24.1 Å². The maximum atomic E-state index is 13.1. The highest BCUT2D eigenvalue weighted by Gasteiger charge is 2.17. The van der Waals surface area contributed by atoms with Gasteiger partial charge in [0.05, 0.1) is 22.5 Å². The Hall–Kier alpha value is -3.69. The van der Waals surface area contributed by atoms with Crippen molar-refractivity contribution >= 4 is 45.0 Å². The number of hydrogen-bond acceptors (Lipinski definition) is 6. The number of rotatable bonds is 6. The largest absolute Gasteiger partial charge is 0.310 e. The van der Waals surface area contributed by atoms with Gasteiger partial charge in [0.1, 0.15) is 10.6 Å². The Morgan fingerprint density at radius 3 is 2.53 bits per heavy atom. The summed E-state index contributed by atoms with van der Waals surface area (Å²) in [6.07, 6.45) is 0. The fraction of sp³-hybridized carbons (Fsp3) is 0.120. The van der Waals surface area contributed by atoms with Gasteiger partial charge in [-0.3, -0.25) is 14.2 Å². The molecule has 0 unspecified atom stereocenters. The zero-order chi connectivity index (χ0) is 23.7. The summed E-state index contributed by atoms with van der Waals surface area (Å²) in [6.45, 7) is 1.88. The van der Waals surface area contributed by atoms with E-state index >= 15 is 0 Å². The van der Waals surface area contributed by atoms with E-state index in [0.29, 0.717) is 21.2 Å². The molecule has 1 amide bonds. The smallest absolute Gasteiger partial charge is 0.263 e. The van der Waals surface area contributed by atoms with Gasteiger partial charge in [-0.15, -0.1) is 11.3 Å². The molecule has 0 saturated heterocycles. The highest BCUT2D eigenvalue weighted by molar-refractivity contribution is 7.99. The van der Waals surface area contributed by atoms with Crippen molar-refractivity contribution in [3.05, 3.63) is 88.2 Å². The number of thioether (sulfide) groups is 1. The van der Waals surface area contributed by atoms with Crippen molar-refractivity contribution in [2.45, 2.75) is 12.1 Å². The SMILES string of the molecule is Cc1cc(NC(=O)CSc2nc3scc(-c4ccccc4)c3c(=O)n2C)n(-c2ccccc2)n1. The summed E-state index contributed by atoms with van der Waals surface area (Å²) < 4.78 is 3.21. The number of hydrogen-bond donors (Lipinski definition) is 1. The fourth-order valence-electron chi connectivity index (χ4n) is 3.68. The lowest BCUT2D eigenvalue weighted by molar-refractivity contribution is -0.113. The van der Waals surface area contributed by atoms with Crippen LogP contribution in [0.2, 0.25) is 0 Å². The average molecular weight is 488 g/mol. The molecule has 0 aliphatic rings. The molecule has 0 fully saturated rings. The molecule has 0 radical (unpaired) electrons. The first-order valence-corrected chi connectivity index (χ1v) is 12.5. The van der Waals surface area contributed by atoms with Crippen LogP contribution in [-0.4, -0.2) is 31.0 Å². The van der Waals surface area contributed by atoms with Crippen LogP contribution in [0.1, 0.15) is 5.69 Å². The van der Waals surface area contributed by atoms with E-state index in [0.717, 1.165) is 22.5 Å². The van der Waals surface area contributed by atoms with E-state index < -0.39 is 0 Å². The summed E-state index contributed by atoms with van der Waals surface area (Å²) in [5.41, 5.74) is 3.41. The summed E-state index contributed by atoms with van der Waals surface area (Å²) in [6, 6.07) is 21.3. The minimum atomic E-state index is -0.201. The molecule has 1 N–H and O–H groups in total. The topological polar surface area (TPSA) is 81.8 Å². The lowest BCUT2D eigenvalue weighted by Gasteiger charge is -2.10. The molecule has 0 bridgehead atoms. The highest BCUT2D eigenvalue weighted by atomic mass is 32.2. The van der Waals surface area contributed by atoms with E-state index in [9.17, 15) is 9.59 Å². The monoisotopic (exact) mass is 487 g/mol. The van der Waals surface area contributed by atoms with Crippen LogP contribution in [0, 0.1) is 6.92 Å². The van der Waals surface area contributed by atoms with Gasteiger partial charge in [0.2, 0.25) is 5.91 Å². The Morgan fingerprint density at radius 1 is 1.09 bits per heavy atom. The molecule has 0 aliphatic heterocycles. The molecule has 5 rings (SSSR count). The van der Waals surface area contributed by atoms with Crippen molar-refractivity contribution in [3.63, 3.8) is 0 Å². The van der Waals surface area contributed by atoms with Crippen LogP contribution in [0.4, 0.5) is 5.82 Å². The Bertz CT molecular complexity index is 1540. The number of para-hydroxylation sites is 1. The van der Waals surface area contributed by atoms with Crippen molar-refractivity contribution in [3.8, 4) is 16.8 Å². The minimum Gasteiger partial charge on any atom is -0.310 e. The molecule has 3 aromatic heterocycles. The van der Waals surface area contributed by atoms with Crippen LogP contribution >= 0.6 is 23.1 Å². The van der Waals surface area contributed by atoms with Crippen LogP contribution < -0.4 is 10.9 Å². The number of amides is 1. The van der Waals surface area contributed by atoms with Gasteiger partial charge in [0.25, 0.3) is 5.56 Å². The fourth-order valence-corrected chi connectivity index (χ4v) is 5.44. The summed E-state index contributed by atoms with van der Waals surface area (Å²) >= 11 is 2.67. The summed E-state index contributed by atoms with van der Waals surface area (Å²) in [7, 11) is 1.69. The van der Waals surface area contributed by atoms with Gasteiger partial charge in [-0.25, -0.2) is 9.67 Å². The predicted molar refractivity (Wildman–Crippen MR) is 138 cm³/mol. The number of thiophene rings is 1. The second-order valence-electron chi connectivity index (χ2n) is 7.71. The van der Waals surface area contributed by atoms with Crippen molar-refractivity contribution in [1.82, 2.24) is 19.3 Å². The number of aryl methyl sites for hydroxylation is 1. The summed E-state index contributed by atoms with van der Waals surface area (Å²) in [4.78, 5) is 31.2. The second-order valence-corrected chi connectivity index (χ2v) is 9.51. The standard InChI is InChI=1S/C25H21N5O2S2/c1-16-13-20(30(28-16)18-11-7-4-8-12-18)26-21(31)15-34-25-27-23-22(24(32)29(25)2)19(14-33-23)17-9-5-3-6-10-17/h3-14H,15H2,1-2H3,(H,26,31). The number of carbonyl (C=O) groups excluding carboxylic acids is 1. The third-order valence-electron chi connectivity index (χ3n) is 5.29. The van der Waals surface area contributed by atoms with Gasteiger partial charge < -0.3 is 5.32 Å². The first-order chi connectivity index (χ1) is 16.5. The van der Waals surface area contributed by atoms with Crippen molar-refractivity contribution in [2.24, 2.45) is 7.05 Å². The van der Waals surface area contributed by atoms with Crippen LogP contribution in [0.3, 0.4) is 0 Å². The van der Waals surface area contributed by atoms with E-state index in [-0.39, 0.29) is 17.2 Å². The first-order valence-electron chi connectivity index (χ1n) is 10.6. The average Bonchev–Trinajstić information content (AvgIpc) is 3.45. The zero-order valence-corrected chi connectivity index (χ0v) is 20.2. The molecular weight excluding hydrogens is 466 g/mol. The minimum absolute atomic E-state index is 0.113. The highest BCUT2D eigenvalue weighted by Crippen LogP contribution is 2.32. The normalized spacial score (nSPS) is 11.1. The van der Waals surface area contributed by atoms with E-state index in [4.69, 9.17) is 0 Å². The molecule has 170 valence electrons. The van der Waals surface area contributed by atoms with Gasteiger partial charge in [0.15, 0.2) is 5.16 Å². The number of fused-ring (bicyclic) bond motifs is 1. The number of carbonyl (C=O) groups is 1. The van der Waals surface area contributed by atoms with Gasteiger partial charge in [-0.1, -0.05) is 60.3 Å². The van der Waals surface area contributed by atoms with Crippen molar-refractivity contribution < 1.29 is 4.79 Å². The van der Waals surface area contributed by atoms with E-state index in [1.54, 1.807) is 11.7 Å². The number of nitrogens with zero attached hydrogens (tertiary/aromatic N) is 4. The van der Waals surface area contributed by atoms with Gasteiger partial charge in [-0.05, 0) is 24.6 Å². The number of aromatic nitrogens is 4. The van der Waals surface area contributed by atoms with Crippen LogP contribution in [0.25, 0.3) is 27.0 Å². The Labute approximate surface area is 204 Å². The number of nitrogens with one attached hydrogen (secondary N) is 1. The maximum Gasteiger partial charge on any atom is 0.263 e. The summed E-state index contributed by atoms with van der Waals surface area (Å²) in [5.74, 6) is 0.506. The quantitative estimate of drug-likeness (QED) is 0.273. The lowest BCUT2D eigenvalue weighted by Crippen LogP contribution is -2.21. The van der Waals surface area contributed by atoms with Crippen molar-refractivity contribution in [2.75, 3.05) is 11.1 Å². The molecule has 0 spiro atoms. The molecule has 3 heterocycles. The third kappa shape index (κ3) is 4.27. The third-order valence-corrected chi connectivity index (χ3v) is 7.19. The Balaban J connectivity index is 1.36. The number of benzene rings is 2. The zero-order valence-electron chi connectivity index (χ0n) is 18.6. The lowest BCUT2D eigenvalue weighted by atomic mass is 10.1. The van der Waals surface area contributed by atoms with Crippen molar-refractivity contribution in [1.29, 1.82) is 0 Å². The van der Waals surface area contributed by atoms with Crippen LogP contribution in [0.15, 0.2) is 82.1 Å². The van der Waals surface area contributed by atoms with Gasteiger partial charge in [-0.2, -0.15) is 5.10 Å².